The van der Waals surface area contributed by atoms with E-state index >= 15 is 0 Å². The van der Waals surface area contributed by atoms with E-state index in [2.05, 4.69) is 32.5 Å². The monoisotopic (exact) mass is 243 g/mol. The molecule has 0 saturated heterocycles. The Hall–Kier alpha value is -0.350. The van der Waals surface area contributed by atoms with Crippen molar-refractivity contribution >= 4 is 15.9 Å². The number of aromatic nitrogens is 2. The molecule has 0 atom stereocenters. The SMILES string of the molecule is Cn1cc(CNC2CCC2)c(Br)n1. The van der Waals surface area contributed by atoms with Gasteiger partial charge in [-0.3, -0.25) is 4.68 Å². The number of aryl methyl sites for hydroxylation is 1. The van der Waals surface area contributed by atoms with Gasteiger partial charge in [0.15, 0.2) is 0 Å². The molecule has 0 unspecified atom stereocenters. The highest BCUT2D eigenvalue weighted by Gasteiger charge is 2.16. The lowest BCUT2D eigenvalue weighted by atomic mass is 9.93. The van der Waals surface area contributed by atoms with Gasteiger partial charge in [0, 0.05) is 31.4 Å². The zero-order chi connectivity index (χ0) is 9.26. The Morgan fingerprint density at radius 1 is 1.69 bits per heavy atom. The van der Waals surface area contributed by atoms with E-state index in [0.717, 1.165) is 17.2 Å². The molecule has 1 heterocycles. The third-order valence-corrected chi connectivity index (χ3v) is 3.21. The third-order valence-electron chi connectivity index (χ3n) is 2.54. The minimum absolute atomic E-state index is 0.743. The first-order valence-corrected chi connectivity index (χ1v) is 5.46. The summed E-state index contributed by atoms with van der Waals surface area (Å²) in [7, 11) is 1.94. The second kappa shape index (κ2) is 3.80. The van der Waals surface area contributed by atoms with Crippen molar-refractivity contribution in [3.05, 3.63) is 16.4 Å². The Kier molecular flexibility index (Phi) is 2.69. The second-order valence-corrected chi connectivity index (χ2v) is 4.38. The van der Waals surface area contributed by atoms with Crippen LogP contribution in [-0.2, 0) is 13.6 Å². The van der Waals surface area contributed by atoms with E-state index < -0.39 is 0 Å². The smallest absolute Gasteiger partial charge is 0.132 e. The van der Waals surface area contributed by atoms with Crippen molar-refractivity contribution in [2.45, 2.75) is 31.8 Å². The van der Waals surface area contributed by atoms with E-state index in [9.17, 15) is 0 Å². The lowest BCUT2D eigenvalue weighted by Crippen LogP contribution is -2.34. The van der Waals surface area contributed by atoms with E-state index in [1.165, 1.54) is 24.8 Å². The lowest BCUT2D eigenvalue weighted by Gasteiger charge is -2.26. The van der Waals surface area contributed by atoms with Gasteiger partial charge >= 0.3 is 0 Å². The Balaban J connectivity index is 1.89. The molecule has 0 aliphatic heterocycles. The van der Waals surface area contributed by atoms with Crippen molar-refractivity contribution in [3.63, 3.8) is 0 Å². The summed E-state index contributed by atoms with van der Waals surface area (Å²) >= 11 is 3.44. The Morgan fingerprint density at radius 2 is 2.46 bits per heavy atom. The van der Waals surface area contributed by atoms with Gasteiger partial charge in [-0.1, -0.05) is 6.42 Å². The molecule has 0 aromatic carbocycles. The number of nitrogens with one attached hydrogen (secondary N) is 1. The van der Waals surface area contributed by atoms with Crippen LogP contribution in [0.25, 0.3) is 0 Å². The van der Waals surface area contributed by atoms with Crippen molar-refractivity contribution in [1.29, 1.82) is 0 Å². The van der Waals surface area contributed by atoms with Gasteiger partial charge in [-0.2, -0.15) is 5.10 Å². The summed E-state index contributed by atoms with van der Waals surface area (Å²) in [5, 5.41) is 7.73. The zero-order valence-corrected chi connectivity index (χ0v) is 9.34. The second-order valence-electron chi connectivity index (χ2n) is 3.63. The summed E-state index contributed by atoms with van der Waals surface area (Å²) in [5.74, 6) is 0. The van der Waals surface area contributed by atoms with Crippen LogP contribution in [0.3, 0.4) is 0 Å². The van der Waals surface area contributed by atoms with Crippen LogP contribution in [0.15, 0.2) is 10.8 Å². The molecule has 0 spiro atoms. The average Bonchev–Trinajstić information content (AvgIpc) is 2.27. The van der Waals surface area contributed by atoms with E-state index in [1.807, 2.05) is 11.7 Å². The van der Waals surface area contributed by atoms with E-state index in [0.29, 0.717) is 0 Å². The Bertz CT molecular complexity index is 291. The first-order chi connectivity index (χ1) is 6.25. The number of nitrogens with zero attached hydrogens (tertiary/aromatic N) is 2. The number of halogens is 1. The van der Waals surface area contributed by atoms with Gasteiger partial charge in [0.2, 0.25) is 0 Å². The van der Waals surface area contributed by atoms with Crippen LogP contribution in [0.2, 0.25) is 0 Å². The predicted molar refractivity (Wildman–Crippen MR) is 55.4 cm³/mol. The molecule has 0 amide bonds. The number of hydrogen-bond acceptors (Lipinski definition) is 2. The Labute approximate surface area is 86.6 Å². The van der Waals surface area contributed by atoms with Crippen LogP contribution in [-0.4, -0.2) is 15.8 Å². The fourth-order valence-corrected chi connectivity index (χ4v) is 1.99. The minimum atomic E-state index is 0.743. The molecule has 4 heteroatoms. The van der Waals surface area contributed by atoms with Crippen LogP contribution >= 0.6 is 15.9 Å². The highest BCUT2D eigenvalue weighted by molar-refractivity contribution is 9.10. The van der Waals surface area contributed by atoms with Crippen LogP contribution in [0, 0.1) is 0 Å². The molecule has 2 rings (SSSR count). The molecule has 0 radical (unpaired) electrons. The maximum Gasteiger partial charge on any atom is 0.132 e. The highest BCUT2D eigenvalue weighted by atomic mass is 79.9. The molecule has 1 aromatic heterocycles. The van der Waals surface area contributed by atoms with Gasteiger partial charge in [0.1, 0.15) is 4.60 Å². The zero-order valence-electron chi connectivity index (χ0n) is 7.76. The average molecular weight is 244 g/mol. The van der Waals surface area contributed by atoms with Crippen molar-refractivity contribution in [1.82, 2.24) is 15.1 Å². The minimum Gasteiger partial charge on any atom is -0.310 e. The molecule has 1 saturated carbocycles. The standard InChI is InChI=1S/C9H14BrN3/c1-13-6-7(9(10)12-13)5-11-8-3-2-4-8/h6,8,11H,2-5H2,1H3. The molecule has 1 aliphatic rings. The topological polar surface area (TPSA) is 29.9 Å². The van der Waals surface area contributed by atoms with E-state index in [4.69, 9.17) is 0 Å². The molecule has 0 bridgehead atoms. The van der Waals surface area contributed by atoms with Crippen LogP contribution in [0.4, 0.5) is 0 Å². The normalized spacial score (nSPS) is 17.4. The van der Waals surface area contributed by atoms with Gasteiger partial charge in [0.25, 0.3) is 0 Å². The third kappa shape index (κ3) is 2.11. The summed E-state index contributed by atoms with van der Waals surface area (Å²) in [6, 6.07) is 0.743. The van der Waals surface area contributed by atoms with Gasteiger partial charge in [-0.05, 0) is 28.8 Å². The molecule has 72 valence electrons. The summed E-state index contributed by atoms with van der Waals surface area (Å²) in [6.45, 7) is 0.930. The van der Waals surface area contributed by atoms with Gasteiger partial charge in [-0.15, -0.1) is 0 Å². The molecular weight excluding hydrogens is 230 g/mol. The summed E-state index contributed by atoms with van der Waals surface area (Å²) in [5.41, 5.74) is 1.24. The van der Waals surface area contributed by atoms with Crippen molar-refractivity contribution in [2.24, 2.45) is 7.05 Å². The predicted octanol–water partition coefficient (Wildman–Crippen LogP) is 1.82. The highest BCUT2D eigenvalue weighted by Crippen LogP contribution is 2.20. The Morgan fingerprint density at radius 3 is 2.92 bits per heavy atom. The van der Waals surface area contributed by atoms with Crippen LogP contribution < -0.4 is 5.32 Å². The first-order valence-electron chi connectivity index (χ1n) is 4.67. The maximum absolute atomic E-state index is 4.23. The quantitative estimate of drug-likeness (QED) is 0.878. The van der Waals surface area contributed by atoms with Crippen molar-refractivity contribution in [2.75, 3.05) is 0 Å². The molecule has 13 heavy (non-hydrogen) atoms. The molecule has 1 fully saturated rings. The van der Waals surface area contributed by atoms with Crippen molar-refractivity contribution < 1.29 is 0 Å². The number of rotatable bonds is 3. The van der Waals surface area contributed by atoms with Gasteiger partial charge in [0.05, 0.1) is 0 Å². The van der Waals surface area contributed by atoms with Gasteiger partial charge in [-0.25, -0.2) is 0 Å². The van der Waals surface area contributed by atoms with Crippen molar-refractivity contribution in [3.8, 4) is 0 Å². The summed E-state index contributed by atoms with van der Waals surface area (Å²) in [4.78, 5) is 0. The largest absolute Gasteiger partial charge is 0.310 e. The molecule has 1 N–H and O–H groups in total. The fraction of sp³-hybridized carbons (Fsp3) is 0.667. The van der Waals surface area contributed by atoms with Gasteiger partial charge < -0.3 is 5.32 Å². The van der Waals surface area contributed by atoms with E-state index in [-0.39, 0.29) is 0 Å². The fourth-order valence-electron chi connectivity index (χ4n) is 1.50. The first kappa shape index (κ1) is 9.21. The summed E-state index contributed by atoms with van der Waals surface area (Å²) < 4.78 is 2.80. The molecule has 1 aliphatic carbocycles. The lowest BCUT2D eigenvalue weighted by molar-refractivity contribution is 0.338. The molecular formula is C9H14BrN3. The van der Waals surface area contributed by atoms with E-state index in [1.54, 1.807) is 0 Å². The van der Waals surface area contributed by atoms with Crippen LogP contribution in [0.5, 0.6) is 0 Å². The molecule has 3 nitrogen and oxygen atoms in total. The number of hydrogen-bond donors (Lipinski definition) is 1. The summed E-state index contributed by atoms with van der Waals surface area (Å²) in [6.07, 6.45) is 6.09. The molecule has 1 aromatic rings. The maximum atomic E-state index is 4.23. The van der Waals surface area contributed by atoms with Crippen LogP contribution in [0.1, 0.15) is 24.8 Å².